The van der Waals surface area contributed by atoms with Crippen LogP contribution in [0.5, 0.6) is 0 Å². The van der Waals surface area contributed by atoms with Crippen LogP contribution in [0, 0.1) is 6.92 Å². The van der Waals surface area contributed by atoms with Gasteiger partial charge in [0.05, 0.1) is 5.56 Å². The molecule has 1 unspecified atom stereocenters. The maximum Gasteiger partial charge on any atom is 0.416 e. The molecule has 0 aliphatic rings. The molecule has 1 aromatic carbocycles. The van der Waals surface area contributed by atoms with E-state index in [4.69, 9.17) is 4.42 Å². The highest BCUT2D eigenvalue weighted by Gasteiger charge is 2.31. The van der Waals surface area contributed by atoms with Crippen molar-refractivity contribution in [3.63, 3.8) is 0 Å². The van der Waals surface area contributed by atoms with E-state index in [0.717, 1.165) is 23.5 Å². The zero-order valence-corrected chi connectivity index (χ0v) is 12.2. The van der Waals surface area contributed by atoms with Crippen LogP contribution >= 0.6 is 0 Å². The maximum atomic E-state index is 12.8. The molecule has 0 aliphatic carbocycles. The number of rotatable bonds is 4. The Kier molecular flexibility index (Phi) is 4.42. The van der Waals surface area contributed by atoms with Crippen LogP contribution in [0.1, 0.15) is 23.8 Å². The van der Waals surface area contributed by atoms with E-state index in [-0.39, 0.29) is 6.04 Å². The predicted molar refractivity (Wildman–Crippen MR) is 76.1 cm³/mol. The molecule has 0 saturated heterocycles. The fourth-order valence-electron chi connectivity index (χ4n) is 2.10. The summed E-state index contributed by atoms with van der Waals surface area (Å²) in [6.45, 7) is 3.78. The Hall–Kier alpha value is -1.75. The summed E-state index contributed by atoms with van der Waals surface area (Å²) in [6, 6.07) is 7.47. The Morgan fingerprint density at radius 3 is 2.52 bits per heavy atom. The molecule has 1 N–H and O–H groups in total. The zero-order chi connectivity index (χ0) is 15.6. The molecular weight excluding hydrogens is 279 g/mol. The van der Waals surface area contributed by atoms with Crippen LogP contribution < -0.4 is 5.32 Å². The molecule has 1 heterocycles. The van der Waals surface area contributed by atoms with E-state index < -0.39 is 11.7 Å². The zero-order valence-electron chi connectivity index (χ0n) is 12.2. The first-order chi connectivity index (χ1) is 9.81. The van der Waals surface area contributed by atoms with E-state index in [1.54, 1.807) is 13.0 Å². The molecule has 2 nitrogen and oxygen atoms in total. The van der Waals surface area contributed by atoms with Gasteiger partial charge in [0.25, 0.3) is 0 Å². The van der Waals surface area contributed by atoms with E-state index in [1.807, 2.05) is 20.0 Å². The van der Waals surface area contributed by atoms with E-state index in [1.165, 1.54) is 6.07 Å². The standard InChI is InChI=1S/C16H18F3NO/c1-10-4-5-12(16(17,18)19)9-14(10)15-7-6-13(21-15)8-11(2)20-3/h4-7,9,11,20H,8H2,1-3H3. The molecular formula is C16H18F3NO. The number of likely N-dealkylation sites (N-methyl/N-ethyl adjacent to an activating group) is 1. The van der Waals surface area contributed by atoms with Gasteiger partial charge in [0, 0.05) is 18.0 Å². The Morgan fingerprint density at radius 1 is 1.19 bits per heavy atom. The summed E-state index contributed by atoms with van der Waals surface area (Å²) in [6.07, 6.45) is -3.66. The van der Waals surface area contributed by atoms with Crippen LogP contribution in [0.15, 0.2) is 34.7 Å². The highest BCUT2D eigenvalue weighted by Crippen LogP contribution is 2.34. The molecule has 2 aromatic rings. The lowest BCUT2D eigenvalue weighted by molar-refractivity contribution is -0.137. The summed E-state index contributed by atoms with van der Waals surface area (Å²) in [5.74, 6) is 1.22. The number of alkyl halides is 3. The highest BCUT2D eigenvalue weighted by atomic mass is 19.4. The highest BCUT2D eigenvalue weighted by molar-refractivity contribution is 5.63. The van der Waals surface area contributed by atoms with Gasteiger partial charge in [-0.2, -0.15) is 13.2 Å². The molecule has 21 heavy (non-hydrogen) atoms. The minimum atomic E-state index is -4.35. The second kappa shape index (κ2) is 5.93. The van der Waals surface area contributed by atoms with Gasteiger partial charge in [0.1, 0.15) is 11.5 Å². The Bertz CT molecular complexity index is 616. The van der Waals surface area contributed by atoms with Gasteiger partial charge < -0.3 is 9.73 Å². The van der Waals surface area contributed by atoms with Crippen molar-refractivity contribution in [3.05, 3.63) is 47.2 Å². The lowest BCUT2D eigenvalue weighted by Gasteiger charge is -2.10. The van der Waals surface area contributed by atoms with Crippen LogP contribution in [0.25, 0.3) is 11.3 Å². The van der Waals surface area contributed by atoms with Crippen LogP contribution in [-0.4, -0.2) is 13.1 Å². The molecule has 0 fully saturated rings. The first-order valence-electron chi connectivity index (χ1n) is 6.75. The van der Waals surface area contributed by atoms with Gasteiger partial charge in [-0.05, 0) is 50.7 Å². The number of hydrogen-bond donors (Lipinski definition) is 1. The quantitative estimate of drug-likeness (QED) is 0.903. The summed E-state index contributed by atoms with van der Waals surface area (Å²) < 4.78 is 44.1. The van der Waals surface area contributed by atoms with Gasteiger partial charge in [-0.15, -0.1) is 0 Å². The molecule has 5 heteroatoms. The van der Waals surface area contributed by atoms with Gasteiger partial charge >= 0.3 is 6.18 Å². The van der Waals surface area contributed by atoms with Crippen molar-refractivity contribution in [3.8, 4) is 11.3 Å². The van der Waals surface area contributed by atoms with Gasteiger partial charge in [0.2, 0.25) is 0 Å². The Labute approximate surface area is 122 Å². The van der Waals surface area contributed by atoms with Gasteiger partial charge in [-0.3, -0.25) is 0 Å². The van der Waals surface area contributed by atoms with E-state index in [2.05, 4.69) is 5.32 Å². The maximum absolute atomic E-state index is 12.8. The number of benzene rings is 1. The van der Waals surface area contributed by atoms with Crippen LogP contribution in [0.4, 0.5) is 13.2 Å². The lowest BCUT2D eigenvalue weighted by atomic mass is 10.0. The average molecular weight is 297 g/mol. The van der Waals surface area contributed by atoms with E-state index in [0.29, 0.717) is 17.7 Å². The second-order valence-electron chi connectivity index (χ2n) is 5.19. The summed E-state index contributed by atoms with van der Waals surface area (Å²) in [5.41, 5.74) is 0.573. The lowest BCUT2D eigenvalue weighted by Crippen LogP contribution is -2.23. The summed E-state index contributed by atoms with van der Waals surface area (Å²) in [5, 5.41) is 3.09. The molecule has 0 bridgehead atoms. The Balaban J connectivity index is 2.33. The molecule has 0 radical (unpaired) electrons. The SMILES string of the molecule is CNC(C)Cc1ccc(-c2cc(C(F)(F)F)ccc2C)o1. The number of hydrogen-bond acceptors (Lipinski definition) is 2. The van der Waals surface area contributed by atoms with Crippen LogP contribution in [-0.2, 0) is 12.6 Å². The van der Waals surface area contributed by atoms with Crippen LogP contribution in [0.2, 0.25) is 0 Å². The third-order valence-corrected chi connectivity index (χ3v) is 3.49. The monoisotopic (exact) mass is 297 g/mol. The minimum absolute atomic E-state index is 0.242. The smallest absolute Gasteiger partial charge is 0.416 e. The van der Waals surface area contributed by atoms with Gasteiger partial charge in [-0.25, -0.2) is 0 Å². The number of halogens is 3. The van der Waals surface area contributed by atoms with E-state index in [9.17, 15) is 13.2 Å². The number of furan rings is 1. The summed E-state index contributed by atoms with van der Waals surface area (Å²) >= 11 is 0. The largest absolute Gasteiger partial charge is 0.461 e. The van der Waals surface area contributed by atoms with Crippen molar-refractivity contribution < 1.29 is 17.6 Å². The predicted octanol–water partition coefficient (Wildman–Crippen LogP) is 4.42. The normalized spacial score (nSPS) is 13.4. The molecule has 1 atom stereocenters. The molecule has 1 aromatic heterocycles. The first-order valence-corrected chi connectivity index (χ1v) is 6.75. The summed E-state index contributed by atoms with van der Waals surface area (Å²) in [4.78, 5) is 0. The van der Waals surface area contributed by atoms with Gasteiger partial charge in [-0.1, -0.05) is 6.07 Å². The second-order valence-corrected chi connectivity index (χ2v) is 5.19. The molecule has 0 spiro atoms. The molecule has 0 amide bonds. The van der Waals surface area contributed by atoms with Crippen molar-refractivity contribution in [2.45, 2.75) is 32.5 Å². The number of nitrogens with one attached hydrogen (secondary N) is 1. The molecule has 0 saturated carbocycles. The minimum Gasteiger partial charge on any atom is -0.461 e. The van der Waals surface area contributed by atoms with Crippen molar-refractivity contribution in [2.24, 2.45) is 0 Å². The molecule has 0 aliphatic heterocycles. The van der Waals surface area contributed by atoms with Crippen molar-refractivity contribution in [2.75, 3.05) is 7.05 Å². The van der Waals surface area contributed by atoms with E-state index >= 15 is 0 Å². The third-order valence-electron chi connectivity index (χ3n) is 3.49. The van der Waals surface area contributed by atoms with Gasteiger partial charge in [0.15, 0.2) is 0 Å². The fourth-order valence-corrected chi connectivity index (χ4v) is 2.10. The van der Waals surface area contributed by atoms with Crippen molar-refractivity contribution in [1.82, 2.24) is 5.32 Å². The fraction of sp³-hybridized carbons (Fsp3) is 0.375. The molecule has 114 valence electrons. The third kappa shape index (κ3) is 3.67. The van der Waals surface area contributed by atoms with Crippen molar-refractivity contribution >= 4 is 0 Å². The summed E-state index contributed by atoms with van der Waals surface area (Å²) in [7, 11) is 1.85. The average Bonchev–Trinajstić information content (AvgIpc) is 2.86. The van der Waals surface area contributed by atoms with Crippen LogP contribution in [0.3, 0.4) is 0 Å². The topological polar surface area (TPSA) is 25.2 Å². The number of aryl methyl sites for hydroxylation is 1. The molecule has 2 rings (SSSR count). The Morgan fingerprint density at radius 2 is 1.90 bits per heavy atom. The first kappa shape index (κ1) is 15.6. The van der Waals surface area contributed by atoms with Crippen molar-refractivity contribution in [1.29, 1.82) is 0 Å².